The molecule has 2 aliphatic rings. The van der Waals surface area contributed by atoms with Crippen molar-refractivity contribution in [2.24, 2.45) is 0 Å². The Morgan fingerprint density at radius 1 is 1.23 bits per heavy atom. The summed E-state index contributed by atoms with van der Waals surface area (Å²) in [7, 11) is 0. The van der Waals surface area contributed by atoms with E-state index in [1.807, 2.05) is 25.1 Å². The van der Waals surface area contributed by atoms with E-state index >= 15 is 0 Å². The van der Waals surface area contributed by atoms with Gasteiger partial charge >= 0.3 is 0 Å². The van der Waals surface area contributed by atoms with Crippen molar-refractivity contribution in [3.05, 3.63) is 28.8 Å². The third-order valence-corrected chi connectivity index (χ3v) is 4.85. The first-order valence-corrected chi connectivity index (χ1v) is 8.78. The van der Waals surface area contributed by atoms with Gasteiger partial charge in [0.25, 0.3) is 5.91 Å². The minimum absolute atomic E-state index is 0.0213. The van der Waals surface area contributed by atoms with Gasteiger partial charge in [-0.1, -0.05) is 30.9 Å². The SMILES string of the molecule is C[C@@H](Oc1ccc(Cl)cc1C1CCCCC1)C(=O)NC1CC1. The number of amides is 1. The Kier molecular flexibility index (Phi) is 4.92. The molecule has 1 amide bonds. The normalized spacial score (nSPS) is 20.5. The molecule has 0 saturated heterocycles. The molecule has 0 aromatic heterocycles. The molecule has 120 valence electrons. The monoisotopic (exact) mass is 321 g/mol. The van der Waals surface area contributed by atoms with Crippen molar-refractivity contribution >= 4 is 17.5 Å². The molecule has 2 aliphatic carbocycles. The van der Waals surface area contributed by atoms with Crippen molar-refractivity contribution in [2.75, 3.05) is 0 Å². The molecule has 2 fully saturated rings. The molecule has 3 nitrogen and oxygen atoms in total. The highest BCUT2D eigenvalue weighted by Gasteiger charge is 2.27. The molecule has 0 unspecified atom stereocenters. The van der Waals surface area contributed by atoms with E-state index in [9.17, 15) is 4.79 Å². The summed E-state index contributed by atoms with van der Waals surface area (Å²) >= 11 is 6.18. The highest BCUT2D eigenvalue weighted by Crippen LogP contribution is 2.39. The second kappa shape index (κ2) is 6.91. The van der Waals surface area contributed by atoms with E-state index in [1.54, 1.807) is 0 Å². The predicted octanol–water partition coefficient (Wildman–Crippen LogP) is 4.43. The van der Waals surface area contributed by atoms with E-state index < -0.39 is 6.10 Å². The van der Waals surface area contributed by atoms with Crippen molar-refractivity contribution in [3.8, 4) is 5.75 Å². The number of hydrogen-bond donors (Lipinski definition) is 1. The Bertz CT molecular complexity index is 536. The fraction of sp³-hybridized carbons (Fsp3) is 0.611. The third kappa shape index (κ3) is 3.95. The Balaban J connectivity index is 1.72. The fourth-order valence-electron chi connectivity index (χ4n) is 3.15. The zero-order valence-electron chi connectivity index (χ0n) is 13.1. The van der Waals surface area contributed by atoms with Crippen LogP contribution in [0.2, 0.25) is 5.02 Å². The number of benzene rings is 1. The van der Waals surface area contributed by atoms with Crippen LogP contribution in [0, 0.1) is 0 Å². The smallest absolute Gasteiger partial charge is 0.260 e. The highest BCUT2D eigenvalue weighted by molar-refractivity contribution is 6.30. The largest absolute Gasteiger partial charge is 0.481 e. The lowest BCUT2D eigenvalue weighted by Crippen LogP contribution is -2.37. The number of ether oxygens (including phenoxy) is 1. The highest BCUT2D eigenvalue weighted by atomic mass is 35.5. The van der Waals surface area contributed by atoms with Gasteiger partial charge in [-0.15, -0.1) is 0 Å². The topological polar surface area (TPSA) is 38.3 Å². The van der Waals surface area contributed by atoms with Gasteiger partial charge in [-0.25, -0.2) is 0 Å². The Morgan fingerprint density at radius 2 is 1.95 bits per heavy atom. The lowest BCUT2D eigenvalue weighted by molar-refractivity contribution is -0.127. The van der Waals surface area contributed by atoms with Crippen LogP contribution in [-0.4, -0.2) is 18.1 Å². The van der Waals surface area contributed by atoms with Crippen LogP contribution >= 0.6 is 11.6 Å². The van der Waals surface area contributed by atoms with Crippen LogP contribution in [-0.2, 0) is 4.79 Å². The van der Waals surface area contributed by atoms with Gasteiger partial charge in [0.05, 0.1) is 0 Å². The molecule has 4 heteroatoms. The summed E-state index contributed by atoms with van der Waals surface area (Å²) in [6, 6.07) is 6.13. The Morgan fingerprint density at radius 3 is 2.64 bits per heavy atom. The molecule has 2 saturated carbocycles. The molecular formula is C18H24ClNO2. The Labute approximate surface area is 137 Å². The van der Waals surface area contributed by atoms with Gasteiger partial charge in [-0.2, -0.15) is 0 Å². The maximum Gasteiger partial charge on any atom is 0.260 e. The van der Waals surface area contributed by atoms with Gasteiger partial charge in [0.15, 0.2) is 6.10 Å². The first-order chi connectivity index (χ1) is 10.6. The van der Waals surface area contributed by atoms with Gasteiger partial charge < -0.3 is 10.1 Å². The molecular weight excluding hydrogens is 298 g/mol. The zero-order chi connectivity index (χ0) is 15.5. The molecule has 1 aromatic carbocycles. The van der Waals surface area contributed by atoms with Crippen molar-refractivity contribution < 1.29 is 9.53 Å². The molecule has 22 heavy (non-hydrogen) atoms. The first kappa shape index (κ1) is 15.7. The maximum atomic E-state index is 12.1. The standard InChI is InChI=1S/C18H24ClNO2/c1-12(18(21)20-15-8-9-15)22-17-10-7-14(19)11-16(17)13-5-3-2-4-6-13/h7,10-13,15H,2-6,8-9H2,1H3,(H,20,21)/t12-/m1/s1. The second-order valence-corrected chi connectivity index (χ2v) is 7.00. The molecule has 1 aromatic rings. The molecule has 0 heterocycles. The summed E-state index contributed by atoms with van der Waals surface area (Å²) < 4.78 is 5.97. The van der Waals surface area contributed by atoms with E-state index in [0.717, 1.165) is 23.6 Å². The van der Waals surface area contributed by atoms with Gasteiger partial charge in [0, 0.05) is 11.1 Å². The number of carbonyl (C=O) groups excluding carboxylic acids is 1. The minimum Gasteiger partial charge on any atom is -0.481 e. The van der Waals surface area contributed by atoms with Gasteiger partial charge in [0.1, 0.15) is 5.75 Å². The molecule has 0 radical (unpaired) electrons. The molecule has 1 N–H and O–H groups in total. The number of nitrogens with one attached hydrogen (secondary N) is 1. The van der Waals surface area contributed by atoms with Crippen LogP contribution in [0.25, 0.3) is 0 Å². The van der Waals surface area contributed by atoms with Gasteiger partial charge in [-0.3, -0.25) is 4.79 Å². The molecule has 1 atom stereocenters. The predicted molar refractivity (Wildman–Crippen MR) is 88.5 cm³/mol. The number of rotatable bonds is 5. The van der Waals surface area contributed by atoms with Crippen LogP contribution in [0.15, 0.2) is 18.2 Å². The average molecular weight is 322 g/mol. The fourth-order valence-corrected chi connectivity index (χ4v) is 3.33. The van der Waals surface area contributed by atoms with Crippen molar-refractivity contribution in [2.45, 2.75) is 69.9 Å². The van der Waals surface area contributed by atoms with Gasteiger partial charge in [-0.05, 0) is 62.3 Å². The third-order valence-electron chi connectivity index (χ3n) is 4.61. The van der Waals surface area contributed by atoms with Crippen LogP contribution in [0.1, 0.15) is 63.4 Å². The van der Waals surface area contributed by atoms with E-state index in [4.69, 9.17) is 16.3 Å². The van der Waals surface area contributed by atoms with Crippen LogP contribution in [0.3, 0.4) is 0 Å². The quantitative estimate of drug-likeness (QED) is 0.871. The summed E-state index contributed by atoms with van der Waals surface area (Å²) in [6.07, 6.45) is 7.90. The van der Waals surface area contributed by atoms with Crippen LogP contribution in [0.5, 0.6) is 5.75 Å². The lowest BCUT2D eigenvalue weighted by Gasteiger charge is -2.25. The van der Waals surface area contributed by atoms with Gasteiger partial charge in [0.2, 0.25) is 0 Å². The number of hydrogen-bond acceptors (Lipinski definition) is 2. The van der Waals surface area contributed by atoms with Crippen LogP contribution < -0.4 is 10.1 Å². The summed E-state index contributed by atoms with van der Waals surface area (Å²) in [5, 5.41) is 3.73. The second-order valence-electron chi connectivity index (χ2n) is 6.56. The molecule has 0 aliphatic heterocycles. The molecule has 3 rings (SSSR count). The van der Waals surface area contributed by atoms with E-state index in [-0.39, 0.29) is 5.91 Å². The van der Waals surface area contributed by atoms with E-state index in [1.165, 1.54) is 37.7 Å². The summed E-state index contributed by atoms with van der Waals surface area (Å²) in [4.78, 5) is 12.1. The summed E-state index contributed by atoms with van der Waals surface area (Å²) in [5.74, 6) is 1.29. The average Bonchev–Trinajstić information content (AvgIpc) is 3.33. The van der Waals surface area contributed by atoms with Crippen molar-refractivity contribution in [1.82, 2.24) is 5.32 Å². The first-order valence-electron chi connectivity index (χ1n) is 8.40. The minimum atomic E-state index is -0.468. The molecule has 0 spiro atoms. The van der Waals surface area contributed by atoms with E-state index in [2.05, 4.69) is 5.32 Å². The number of carbonyl (C=O) groups is 1. The maximum absolute atomic E-state index is 12.1. The van der Waals surface area contributed by atoms with E-state index in [0.29, 0.717) is 12.0 Å². The lowest BCUT2D eigenvalue weighted by atomic mass is 9.83. The number of halogens is 1. The van der Waals surface area contributed by atoms with Crippen molar-refractivity contribution in [1.29, 1.82) is 0 Å². The van der Waals surface area contributed by atoms with Crippen molar-refractivity contribution in [3.63, 3.8) is 0 Å². The van der Waals surface area contributed by atoms with Crippen LogP contribution in [0.4, 0.5) is 0 Å². The summed E-state index contributed by atoms with van der Waals surface area (Å²) in [5.41, 5.74) is 1.17. The summed E-state index contributed by atoms with van der Waals surface area (Å²) in [6.45, 7) is 1.82. The zero-order valence-corrected chi connectivity index (χ0v) is 13.9. The molecule has 0 bridgehead atoms. The Hall–Kier alpha value is -1.22.